The monoisotopic (exact) mass is 388 g/mol. The number of hydrogen-bond donors (Lipinski definition) is 0. The van der Waals surface area contributed by atoms with Gasteiger partial charge in [-0.1, -0.05) is 74.4 Å². The summed E-state index contributed by atoms with van der Waals surface area (Å²) in [5.41, 5.74) is 7.34. The van der Waals surface area contributed by atoms with Crippen molar-refractivity contribution < 1.29 is 0 Å². The summed E-state index contributed by atoms with van der Waals surface area (Å²) < 4.78 is 2.19. The van der Waals surface area contributed by atoms with E-state index in [1.807, 2.05) is 6.20 Å². The van der Waals surface area contributed by atoms with Crippen LogP contribution in [0, 0.1) is 0 Å². The van der Waals surface area contributed by atoms with Gasteiger partial charge in [0.1, 0.15) is 5.52 Å². The average molecular weight is 389 g/mol. The van der Waals surface area contributed by atoms with Gasteiger partial charge in [0.05, 0.1) is 28.6 Å². The third-order valence-electron chi connectivity index (χ3n) is 5.56. The number of hydrogen-bond acceptors (Lipinski definition) is 3. The first-order chi connectivity index (χ1) is 13.3. The van der Waals surface area contributed by atoms with Crippen molar-refractivity contribution in [3.8, 4) is 0 Å². The molecule has 152 valence electrons. The summed E-state index contributed by atoms with van der Waals surface area (Å²) in [5, 5.41) is 1.10. The second kappa shape index (κ2) is 6.01. The first-order valence-electron chi connectivity index (χ1n) is 10.4. The van der Waals surface area contributed by atoms with E-state index in [9.17, 15) is 0 Å². The van der Waals surface area contributed by atoms with Crippen LogP contribution < -0.4 is 0 Å². The highest BCUT2D eigenvalue weighted by Crippen LogP contribution is 2.35. The summed E-state index contributed by atoms with van der Waals surface area (Å²) in [6.45, 7) is 19.9. The van der Waals surface area contributed by atoms with E-state index in [1.54, 1.807) is 0 Å². The second-order valence-electron chi connectivity index (χ2n) is 11.3. The van der Waals surface area contributed by atoms with Crippen molar-refractivity contribution in [2.45, 2.75) is 78.6 Å². The number of fused-ring (bicyclic) bond motifs is 5. The first kappa shape index (κ1) is 19.8. The van der Waals surface area contributed by atoms with Crippen LogP contribution in [0.2, 0.25) is 0 Å². The van der Waals surface area contributed by atoms with Crippen molar-refractivity contribution in [3.63, 3.8) is 0 Å². The zero-order valence-electron chi connectivity index (χ0n) is 19.2. The van der Waals surface area contributed by atoms with Gasteiger partial charge in [0, 0.05) is 22.4 Å². The molecule has 4 heteroatoms. The number of benzene rings is 1. The quantitative estimate of drug-likeness (QED) is 0.354. The lowest BCUT2D eigenvalue weighted by atomic mass is 9.85. The standard InChI is InChI=1S/C25H32N4/c1-23(2,3)15-10-11-16-17(12-15)27-22(25(7,8)9)21-20(16)28-19-13-26-18(14-29(19)21)24(4,5)6/h10-14H,1-9H3. The van der Waals surface area contributed by atoms with Crippen molar-refractivity contribution >= 4 is 27.6 Å². The Morgan fingerprint density at radius 1 is 0.793 bits per heavy atom. The van der Waals surface area contributed by atoms with E-state index in [0.717, 1.165) is 39.0 Å². The molecular formula is C25H32N4. The number of nitrogens with zero attached hydrogens (tertiary/aromatic N) is 4. The van der Waals surface area contributed by atoms with Crippen LogP contribution in [0.4, 0.5) is 0 Å². The molecule has 3 heterocycles. The molecule has 0 aliphatic heterocycles. The topological polar surface area (TPSA) is 43.1 Å². The summed E-state index contributed by atoms with van der Waals surface area (Å²) in [5.74, 6) is 0. The third-order valence-corrected chi connectivity index (χ3v) is 5.56. The maximum absolute atomic E-state index is 5.18. The highest BCUT2D eigenvalue weighted by Gasteiger charge is 2.26. The first-order valence-corrected chi connectivity index (χ1v) is 10.4. The molecule has 0 aliphatic rings. The Hall–Kier alpha value is -2.49. The van der Waals surface area contributed by atoms with Gasteiger partial charge < -0.3 is 0 Å². The van der Waals surface area contributed by atoms with E-state index in [0.29, 0.717) is 0 Å². The maximum Gasteiger partial charge on any atom is 0.156 e. The van der Waals surface area contributed by atoms with Crippen LogP contribution in [0.5, 0.6) is 0 Å². The molecule has 1 aromatic carbocycles. The lowest BCUT2D eigenvalue weighted by Crippen LogP contribution is -2.17. The predicted octanol–water partition coefficient (Wildman–Crippen LogP) is 6.32. The zero-order chi connectivity index (χ0) is 21.4. The number of pyridine rings is 1. The van der Waals surface area contributed by atoms with Crippen molar-refractivity contribution in [3.05, 3.63) is 47.5 Å². The normalized spacial score (nSPS) is 13.7. The molecule has 0 amide bonds. The molecule has 0 saturated carbocycles. The largest absolute Gasteiger partial charge is 0.295 e. The fourth-order valence-corrected chi connectivity index (χ4v) is 3.74. The summed E-state index contributed by atoms with van der Waals surface area (Å²) in [6, 6.07) is 6.62. The van der Waals surface area contributed by atoms with Gasteiger partial charge in [0.25, 0.3) is 0 Å². The van der Waals surface area contributed by atoms with Crippen LogP contribution in [-0.4, -0.2) is 19.4 Å². The maximum atomic E-state index is 5.18. The van der Waals surface area contributed by atoms with Gasteiger partial charge in [0.15, 0.2) is 5.65 Å². The highest BCUT2D eigenvalue weighted by molar-refractivity contribution is 6.05. The summed E-state index contributed by atoms with van der Waals surface area (Å²) >= 11 is 0. The van der Waals surface area contributed by atoms with Gasteiger partial charge in [-0.05, 0) is 17.0 Å². The molecule has 3 aromatic heterocycles. The zero-order valence-corrected chi connectivity index (χ0v) is 19.2. The van der Waals surface area contributed by atoms with Crippen molar-refractivity contribution in [2.24, 2.45) is 0 Å². The molecule has 0 N–H and O–H groups in total. The lowest BCUT2D eigenvalue weighted by Gasteiger charge is -2.22. The van der Waals surface area contributed by atoms with Crippen molar-refractivity contribution in [2.75, 3.05) is 0 Å². The Morgan fingerprint density at radius 3 is 2.07 bits per heavy atom. The third kappa shape index (κ3) is 3.29. The SMILES string of the molecule is CC(C)(C)c1ccc2c(c1)nc(C(C)(C)C)c1c2nc2cnc(C(C)(C)C)cn21. The molecule has 0 spiro atoms. The van der Waals surface area contributed by atoms with Gasteiger partial charge >= 0.3 is 0 Å². The molecule has 0 atom stereocenters. The smallest absolute Gasteiger partial charge is 0.156 e. The van der Waals surface area contributed by atoms with E-state index in [4.69, 9.17) is 9.97 Å². The van der Waals surface area contributed by atoms with Crippen molar-refractivity contribution in [1.82, 2.24) is 19.4 Å². The van der Waals surface area contributed by atoms with E-state index >= 15 is 0 Å². The Labute approximate surface area is 173 Å². The van der Waals surface area contributed by atoms with E-state index in [2.05, 4.69) is 96.1 Å². The van der Waals surface area contributed by atoms with Gasteiger partial charge in [-0.25, -0.2) is 9.97 Å². The minimum atomic E-state index is -0.106. The molecule has 4 rings (SSSR count). The number of imidazole rings is 1. The minimum absolute atomic E-state index is 0.0292. The van der Waals surface area contributed by atoms with Crippen LogP contribution in [0.15, 0.2) is 30.6 Å². The molecule has 29 heavy (non-hydrogen) atoms. The fourth-order valence-electron chi connectivity index (χ4n) is 3.74. The molecule has 0 bridgehead atoms. The molecule has 4 aromatic rings. The van der Waals surface area contributed by atoms with Crippen LogP contribution in [-0.2, 0) is 16.2 Å². The van der Waals surface area contributed by atoms with Crippen LogP contribution in [0.1, 0.15) is 79.3 Å². The molecule has 0 fully saturated rings. The number of aromatic nitrogens is 4. The minimum Gasteiger partial charge on any atom is -0.295 e. The molecule has 0 saturated heterocycles. The Kier molecular flexibility index (Phi) is 4.10. The van der Waals surface area contributed by atoms with E-state index < -0.39 is 0 Å². The van der Waals surface area contributed by atoms with E-state index in [1.165, 1.54) is 5.56 Å². The van der Waals surface area contributed by atoms with Gasteiger partial charge in [-0.15, -0.1) is 0 Å². The van der Waals surface area contributed by atoms with Crippen LogP contribution >= 0.6 is 0 Å². The summed E-state index contributed by atoms with van der Waals surface area (Å²) in [7, 11) is 0. The molecule has 0 aliphatic carbocycles. The molecule has 4 nitrogen and oxygen atoms in total. The Balaban J connectivity index is 2.17. The second-order valence-corrected chi connectivity index (χ2v) is 11.3. The Bertz CT molecular complexity index is 1240. The highest BCUT2D eigenvalue weighted by atomic mass is 15.0. The van der Waals surface area contributed by atoms with Gasteiger partial charge in [0.2, 0.25) is 0 Å². The number of rotatable bonds is 0. The van der Waals surface area contributed by atoms with E-state index in [-0.39, 0.29) is 16.2 Å². The average Bonchev–Trinajstić information content (AvgIpc) is 2.97. The van der Waals surface area contributed by atoms with Gasteiger partial charge in [-0.2, -0.15) is 0 Å². The molecule has 0 unspecified atom stereocenters. The summed E-state index contributed by atoms with van der Waals surface area (Å²) in [6.07, 6.45) is 4.03. The van der Waals surface area contributed by atoms with Crippen molar-refractivity contribution in [1.29, 1.82) is 0 Å². The molecular weight excluding hydrogens is 356 g/mol. The fraction of sp³-hybridized carbons (Fsp3) is 0.480. The van der Waals surface area contributed by atoms with Crippen LogP contribution in [0.25, 0.3) is 27.6 Å². The predicted molar refractivity (Wildman–Crippen MR) is 122 cm³/mol. The summed E-state index contributed by atoms with van der Waals surface area (Å²) in [4.78, 5) is 14.9. The van der Waals surface area contributed by atoms with Crippen LogP contribution in [0.3, 0.4) is 0 Å². The lowest BCUT2D eigenvalue weighted by molar-refractivity contribution is 0.563. The van der Waals surface area contributed by atoms with Gasteiger partial charge in [-0.3, -0.25) is 9.38 Å². The Morgan fingerprint density at radius 2 is 1.48 bits per heavy atom. The molecule has 0 radical (unpaired) electrons.